The number of hydrazone groups is 1. The zero-order chi connectivity index (χ0) is 8.65. The number of aliphatic hydroxyl groups is 1. The highest BCUT2D eigenvalue weighted by molar-refractivity contribution is 5.88. The van der Waals surface area contributed by atoms with Gasteiger partial charge in [-0.3, -0.25) is 5.41 Å². The number of hydrogen-bond donors (Lipinski definition) is 3. The molecule has 0 saturated carbocycles. The summed E-state index contributed by atoms with van der Waals surface area (Å²) in [4.78, 5) is 0. The van der Waals surface area contributed by atoms with Crippen LogP contribution in [0.1, 0.15) is 20.3 Å². The van der Waals surface area contributed by atoms with Gasteiger partial charge in [-0.05, 0) is 13.8 Å². The van der Waals surface area contributed by atoms with Crippen molar-refractivity contribution in [1.82, 2.24) is 5.01 Å². The monoisotopic (exact) mass is 156 g/mol. The van der Waals surface area contributed by atoms with Gasteiger partial charge in [0, 0.05) is 12.1 Å². The average molecular weight is 156 g/mol. The van der Waals surface area contributed by atoms with Crippen LogP contribution in [0.2, 0.25) is 0 Å². The maximum Gasteiger partial charge on any atom is 0.211 e. The first kappa shape index (κ1) is 8.00. The van der Waals surface area contributed by atoms with E-state index in [9.17, 15) is 5.11 Å². The van der Waals surface area contributed by atoms with E-state index in [4.69, 9.17) is 11.1 Å². The summed E-state index contributed by atoms with van der Waals surface area (Å²) >= 11 is 0. The Morgan fingerprint density at radius 3 is 2.64 bits per heavy atom. The summed E-state index contributed by atoms with van der Waals surface area (Å²) in [6, 6.07) is 0. The fourth-order valence-electron chi connectivity index (χ4n) is 1.19. The van der Waals surface area contributed by atoms with Crippen molar-refractivity contribution in [1.29, 1.82) is 5.41 Å². The van der Waals surface area contributed by atoms with Crippen molar-refractivity contribution in [3.63, 3.8) is 0 Å². The van der Waals surface area contributed by atoms with Gasteiger partial charge >= 0.3 is 0 Å². The first-order chi connectivity index (χ1) is 4.93. The molecule has 0 aromatic carbocycles. The largest absolute Gasteiger partial charge is 0.369 e. The SMILES string of the molecule is CC1=NN(C(=N)N)[C@@](C)(O)C1. The van der Waals surface area contributed by atoms with E-state index >= 15 is 0 Å². The van der Waals surface area contributed by atoms with Crippen LogP contribution >= 0.6 is 0 Å². The normalized spacial score (nSPS) is 30.5. The molecule has 0 saturated heterocycles. The standard InChI is InChI=1S/C6H12N4O/c1-4-3-6(2,11)10(9-4)5(7)8/h11H,3H2,1-2H3,(H3,7,8)/t6-/m0/s1. The van der Waals surface area contributed by atoms with E-state index in [-0.39, 0.29) is 5.96 Å². The maximum absolute atomic E-state index is 9.59. The topological polar surface area (TPSA) is 85.7 Å². The lowest BCUT2D eigenvalue weighted by Gasteiger charge is -2.26. The molecule has 0 fully saturated rings. The van der Waals surface area contributed by atoms with Gasteiger partial charge in [-0.1, -0.05) is 0 Å². The van der Waals surface area contributed by atoms with Crippen molar-refractivity contribution in [2.45, 2.75) is 26.0 Å². The van der Waals surface area contributed by atoms with Crippen LogP contribution in [0.5, 0.6) is 0 Å². The first-order valence-electron chi connectivity index (χ1n) is 3.34. The molecule has 11 heavy (non-hydrogen) atoms. The molecular formula is C6H12N4O. The van der Waals surface area contributed by atoms with Crippen LogP contribution in [0.25, 0.3) is 0 Å². The van der Waals surface area contributed by atoms with E-state index < -0.39 is 5.72 Å². The van der Waals surface area contributed by atoms with Crippen LogP contribution in [0.4, 0.5) is 0 Å². The van der Waals surface area contributed by atoms with Crippen LogP contribution in [0, 0.1) is 5.41 Å². The molecule has 5 heteroatoms. The molecule has 0 amide bonds. The molecule has 5 nitrogen and oxygen atoms in total. The Kier molecular flexibility index (Phi) is 1.60. The fourth-order valence-corrected chi connectivity index (χ4v) is 1.19. The molecule has 0 aromatic heterocycles. The quantitative estimate of drug-likeness (QED) is 0.331. The van der Waals surface area contributed by atoms with E-state index in [1.807, 2.05) is 0 Å². The minimum atomic E-state index is -1.12. The van der Waals surface area contributed by atoms with Crippen molar-refractivity contribution in [2.75, 3.05) is 0 Å². The Labute approximate surface area is 65.0 Å². The summed E-state index contributed by atoms with van der Waals surface area (Å²) in [6.07, 6.45) is 0.437. The summed E-state index contributed by atoms with van der Waals surface area (Å²) in [5.41, 5.74) is 4.85. The van der Waals surface area contributed by atoms with Gasteiger partial charge < -0.3 is 10.8 Å². The van der Waals surface area contributed by atoms with Crippen LogP contribution < -0.4 is 5.73 Å². The zero-order valence-electron chi connectivity index (χ0n) is 6.63. The maximum atomic E-state index is 9.59. The molecule has 62 valence electrons. The van der Waals surface area contributed by atoms with E-state index in [1.165, 1.54) is 0 Å². The molecule has 0 radical (unpaired) electrons. The molecule has 1 atom stereocenters. The van der Waals surface area contributed by atoms with Crippen molar-refractivity contribution in [2.24, 2.45) is 10.8 Å². The van der Waals surface area contributed by atoms with Crippen LogP contribution in [0.15, 0.2) is 5.10 Å². The summed E-state index contributed by atoms with van der Waals surface area (Å²) < 4.78 is 0. The minimum absolute atomic E-state index is 0.230. The van der Waals surface area contributed by atoms with E-state index in [1.54, 1.807) is 13.8 Å². The second kappa shape index (κ2) is 2.20. The highest BCUT2D eigenvalue weighted by atomic mass is 16.3. The van der Waals surface area contributed by atoms with Crippen molar-refractivity contribution >= 4 is 11.7 Å². The predicted octanol–water partition coefficient (Wildman–Crippen LogP) is -0.330. The number of nitrogens with one attached hydrogen (secondary N) is 1. The van der Waals surface area contributed by atoms with Crippen LogP contribution in [-0.2, 0) is 0 Å². The third-order valence-corrected chi connectivity index (χ3v) is 1.55. The van der Waals surface area contributed by atoms with Gasteiger partial charge in [0.1, 0.15) is 0 Å². The predicted molar refractivity (Wildman–Crippen MR) is 42.1 cm³/mol. The number of nitrogens with zero attached hydrogens (tertiary/aromatic N) is 2. The van der Waals surface area contributed by atoms with Crippen LogP contribution in [-0.4, -0.2) is 27.5 Å². The van der Waals surface area contributed by atoms with Gasteiger partial charge in [-0.15, -0.1) is 0 Å². The first-order valence-corrected chi connectivity index (χ1v) is 3.34. The molecule has 0 aromatic rings. The fraction of sp³-hybridized carbons (Fsp3) is 0.667. The molecule has 1 heterocycles. The van der Waals surface area contributed by atoms with Gasteiger partial charge in [0.05, 0.1) is 0 Å². The Bertz CT molecular complexity index is 221. The third-order valence-electron chi connectivity index (χ3n) is 1.55. The Balaban J connectivity index is 2.86. The molecule has 1 aliphatic heterocycles. The second-order valence-electron chi connectivity index (χ2n) is 2.93. The molecule has 0 unspecified atom stereocenters. The van der Waals surface area contributed by atoms with E-state index in [2.05, 4.69) is 5.10 Å². The van der Waals surface area contributed by atoms with Gasteiger partial charge in [0.15, 0.2) is 5.72 Å². The summed E-state index contributed by atoms with van der Waals surface area (Å²) in [7, 11) is 0. The second-order valence-corrected chi connectivity index (χ2v) is 2.93. The van der Waals surface area contributed by atoms with E-state index in [0.29, 0.717) is 6.42 Å². The summed E-state index contributed by atoms with van der Waals surface area (Å²) in [5, 5.41) is 21.7. The Morgan fingerprint density at radius 2 is 2.45 bits per heavy atom. The molecule has 0 spiro atoms. The van der Waals surface area contributed by atoms with Gasteiger partial charge in [0.25, 0.3) is 0 Å². The highest BCUT2D eigenvalue weighted by Gasteiger charge is 2.36. The summed E-state index contributed by atoms with van der Waals surface area (Å²) in [6.45, 7) is 3.37. The lowest BCUT2D eigenvalue weighted by Crippen LogP contribution is -2.46. The van der Waals surface area contributed by atoms with Gasteiger partial charge in [-0.25, -0.2) is 5.01 Å². The molecular weight excluding hydrogens is 144 g/mol. The van der Waals surface area contributed by atoms with E-state index in [0.717, 1.165) is 10.7 Å². The van der Waals surface area contributed by atoms with Gasteiger partial charge in [0.2, 0.25) is 5.96 Å². The Hall–Kier alpha value is -1.10. The average Bonchev–Trinajstić information content (AvgIpc) is 2.04. The molecule has 1 aliphatic rings. The molecule has 0 aliphatic carbocycles. The van der Waals surface area contributed by atoms with Crippen molar-refractivity contribution in [3.05, 3.63) is 0 Å². The third kappa shape index (κ3) is 1.32. The lowest BCUT2D eigenvalue weighted by molar-refractivity contribution is -0.0340. The van der Waals surface area contributed by atoms with Crippen LogP contribution in [0.3, 0.4) is 0 Å². The van der Waals surface area contributed by atoms with Gasteiger partial charge in [-0.2, -0.15) is 5.10 Å². The number of hydrogen-bond acceptors (Lipinski definition) is 3. The lowest BCUT2D eigenvalue weighted by atomic mass is 10.1. The number of rotatable bonds is 0. The molecule has 0 bridgehead atoms. The smallest absolute Gasteiger partial charge is 0.211 e. The molecule has 1 rings (SSSR count). The minimum Gasteiger partial charge on any atom is -0.369 e. The zero-order valence-corrected chi connectivity index (χ0v) is 6.63. The van der Waals surface area contributed by atoms with Crippen molar-refractivity contribution in [3.8, 4) is 0 Å². The highest BCUT2D eigenvalue weighted by Crippen LogP contribution is 2.23. The molecule has 4 N–H and O–H groups in total. The van der Waals surface area contributed by atoms with Crippen molar-refractivity contribution < 1.29 is 5.11 Å². The number of guanidine groups is 1. The Morgan fingerprint density at radius 1 is 1.91 bits per heavy atom. The summed E-state index contributed by atoms with van der Waals surface area (Å²) in [5.74, 6) is -0.230. The number of nitrogens with two attached hydrogens (primary N) is 1.